The van der Waals surface area contributed by atoms with E-state index >= 15 is 0 Å². The number of carbonyl (C=O) groups excluding carboxylic acids is 2. The third-order valence-corrected chi connectivity index (χ3v) is 3.88. The fourth-order valence-electron chi connectivity index (χ4n) is 2.75. The van der Waals surface area contributed by atoms with Crippen molar-refractivity contribution >= 4 is 12.1 Å². The molecule has 1 heterocycles. The van der Waals surface area contributed by atoms with Gasteiger partial charge in [-0.15, -0.1) is 0 Å². The van der Waals surface area contributed by atoms with E-state index in [-0.39, 0.29) is 38.5 Å². The normalized spacial score (nSPS) is 20.1. The molecule has 0 aromatic heterocycles. The predicted octanol–water partition coefficient (Wildman–Crippen LogP) is 2.12. The van der Waals surface area contributed by atoms with Gasteiger partial charge in [0.25, 0.3) is 0 Å². The Bertz CT molecular complexity index is 598. The number of nitrogens with zero attached hydrogens (tertiary/aromatic N) is 1. The number of rotatable bonds is 6. The van der Waals surface area contributed by atoms with Gasteiger partial charge in [0.2, 0.25) is 0 Å². The van der Waals surface area contributed by atoms with Crippen LogP contribution in [0.4, 0.5) is 4.79 Å². The van der Waals surface area contributed by atoms with Crippen LogP contribution < -0.4 is 0 Å². The molecule has 0 spiro atoms. The van der Waals surface area contributed by atoms with Crippen LogP contribution in [-0.4, -0.2) is 59.6 Å². The maximum atomic E-state index is 12.3. The van der Waals surface area contributed by atoms with Crippen LogP contribution in [0.2, 0.25) is 0 Å². The molecular weight excluding hydrogens is 338 g/mol. The van der Waals surface area contributed by atoms with E-state index in [9.17, 15) is 14.7 Å². The molecule has 0 aliphatic carbocycles. The number of likely N-dealkylation sites (tertiary alicyclic amines) is 1. The molecule has 1 fully saturated rings. The minimum Gasteiger partial charge on any atom is -0.458 e. The number of amides is 1. The highest BCUT2D eigenvalue weighted by atomic mass is 16.6. The minimum absolute atomic E-state index is 0.164. The van der Waals surface area contributed by atoms with Gasteiger partial charge in [0.15, 0.2) is 0 Å². The summed E-state index contributed by atoms with van der Waals surface area (Å²) in [4.78, 5) is 25.5. The van der Waals surface area contributed by atoms with Crippen LogP contribution in [0.25, 0.3) is 0 Å². The lowest BCUT2D eigenvalue weighted by Crippen LogP contribution is -2.38. The molecule has 1 saturated heterocycles. The Morgan fingerprint density at radius 2 is 1.92 bits per heavy atom. The average molecular weight is 365 g/mol. The Morgan fingerprint density at radius 3 is 2.54 bits per heavy atom. The number of carbonyl (C=O) groups is 2. The molecule has 2 rings (SSSR count). The monoisotopic (exact) mass is 365 g/mol. The van der Waals surface area contributed by atoms with E-state index in [1.807, 2.05) is 30.3 Å². The summed E-state index contributed by atoms with van der Waals surface area (Å²) in [5.74, 6) is -0.455. The first kappa shape index (κ1) is 20.2. The van der Waals surface area contributed by atoms with Gasteiger partial charge in [-0.3, -0.25) is 0 Å². The third kappa shape index (κ3) is 6.31. The third-order valence-electron chi connectivity index (χ3n) is 3.88. The Balaban J connectivity index is 1.81. The van der Waals surface area contributed by atoms with Gasteiger partial charge in [-0.1, -0.05) is 30.3 Å². The molecule has 0 radical (unpaired) electrons. The Kier molecular flexibility index (Phi) is 6.99. The minimum atomic E-state index is -0.572. The van der Waals surface area contributed by atoms with Crippen LogP contribution in [-0.2, 0) is 25.6 Å². The van der Waals surface area contributed by atoms with Gasteiger partial charge in [-0.25, -0.2) is 9.59 Å². The van der Waals surface area contributed by atoms with Crippen LogP contribution in [0.3, 0.4) is 0 Å². The second-order valence-electron chi connectivity index (χ2n) is 7.28. The SMILES string of the molecule is CC(C)(C)OC(=O)CO[C@@H]1CC(CO)N(C(=O)OCc2ccccc2)C1. The predicted molar refractivity (Wildman–Crippen MR) is 94.4 cm³/mol. The molecule has 1 aliphatic rings. The number of benzene rings is 1. The maximum Gasteiger partial charge on any atom is 0.410 e. The first-order valence-corrected chi connectivity index (χ1v) is 8.70. The van der Waals surface area contributed by atoms with Crippen LogP contribution in [0.15, 0.2) is 30.3 Å². The number of ether oxygens (including phenoxy) is 3. The highest BCUT2D eigenvalue weighted by Gasteiger charge is 2.36. The molecule has 0 saturated carbocycles. The molecule has 7 heteroatoms. The molecule has 144 valence electrons. The van der Waals surface area contributed by atoms with E-state index in [1.165, 1.54) is 4.90 Å². The van der Waals surface area contributed by atoms with Gasteiger partial charge in [-0.2, -0.15) is 0 Å². The molecule has 0 bridgehead atoms. The van der Waals surface area contributed by atoms with Crippen molar-refractivity contribution in [3.05, 3.63) is 35.9 Å². The van der Waals surface area contributed by atoms with Crippen molar-refractivity contribution in [2.75, 3.05) is 19.8 Å². The summed E-state index contributed by atoms with van der Waals surface area (Å²) in [6.07, 6.45) is -0.403. The number of esters is 1. The van der Waals surface area contributed by atoms with Crippen molar-refractivity contribution in [2.24, 2.45) is 0 Å². The van der Waals surface area contributed by atoms with E-state index in [0.29, 0.717) is 6.42 Å². The number of aliphatic hydroxyl groups excluding tert-OH is 1. The second kappa shape index (κ2) is 9.00. The van der Waals surface area contributed by atoms with Gasteiger partial charge in [0.05, 0.1) is 25.3 Å². The van der Waals surface area contributed by atoms with Crippen LogP contribution in [0, 0.1) is 0 Å². The van der Waals surface area contributed by atoms with E-state index in [0.717, 1.165) is 5.56 Å². The summed E-state index contributed by atoms with van der Waals surface area (Å²) in [7, 11) is 0. The molecule has 1 aromatic carbocycles. The van der Waals surface area contributed by atoms with Crippen molar-refractivity contribution in [3.8, 4) is 0 Å². The molecule has 7 nitrogen and oxygen atoms in total. The topological polar surface area (TPSA) is 85.3 Å². The molecule has 1 aromatic rings. The summed E-state index contributed by atoms with van der Waals surface area (Å²) in [5, 5.41) is 9.52. The molecule has 2 atom stereocenters. The highest BCUT2D eigenvalue weighted by molar-refractivity contribution is 5.71. The van der Waals surface area contributed by atoms with Crippen molar-refractivity contribution in [2.45, 2.75) is 51.5 Å². The van der Waals surface area contributed by atoms with Crippen LogP contribution >= 0.6 is 0 Å². The van der Waals surface area contributed by atoms with E-state index < -0.39 is 17.7 Å². The smallest absolute Gasteiger partial charge is 0.410 e. The van der Waals surface area contributed by atoms with Gasteiger partial charge < -0.3 is 24.2 Å². The summed E-state index contributed by atoms with van der Waals surface area (Å²) in [6, 6.07) is 8.98. The Morgan fingerprint density at radius 1 is 1.23 bits per heavy atom. The zero-order valence-electron chi connectivity index (χ0n) is 15.5. The van der Waals surface area contributed by atoms with Crippen molar-refractivity contribution < 1.29 is 28.9 Å². The fraction of sp³-hybridized carbons (Fsp3) is 0.579. The average Bonchev–Trinajstić information content (AvgIpc) is 3.01. The number of aliphatic hydroxyl groups is 1. The Hall–Kier alpha value is -2.12. The molecule has 1 aliphatic heterocycles. The van der Waals surface area contributed by atoms with Gasteiger partial charge >= 0.3 is 12.1 Å². The maximum absolute atomic E-state index is 12.3. The van der Waals surface area contributed by atoms with Crippen molar-refractivity contribution in [1.29, 1.82) is 0 Å². The summed E-state index contributed by atoms with van der Waals surface area (Å²) >= 11 is 0. The van der Waals surface area contributed by atoms with Gasteiger partial charge in [-0.05, 0) is 32.8 Å². The molecular formula is C19H27NO6. The standard InChI is InChI=1S/C19H27NO6/c1-19(2,3)26-17(22)13-24-16-9-15(11-21)20(10-16)18(23)25-12-14-7-5-4-6-8-14/h4-8,15-16,21H,9-13H2,1-3H3/t15?,16-/m1/s1. The fourth-order valence-corrected chi connectivity index (χ4v) is 2.75. The second-order valence-corrected chi connectivity index (χ2v) is 7.28. The summed E-state index contributed by atoms with van der Waals surface area (Å²) in [6.45, 7) is 5.41. The molecule has 1 amide bonds. The van der Waals surface area contributed by atoms with E-state index in [2.05, 4.69) is 0 Å². The van der Waals surface area contributed by atoms with Gasteiger partial charge in [0.1, 0.15) is 18.8 Å². The zero-order valence-corrected chi connectivity index (χ0v) is 15.5. The summed E-state index contributed by atoms with van der Waals surface area (Å²) < 4.78 is 16.1. The Labute approximate surface area is 153 Å². The molecule has 1 N–H and O–H groups in total. The first-order chi connectivity index (χ1) is 12.3. The van der Waals surface area contributed by atoms with Crippen molar-refractivity contribution in [3.63, 3.8) is 0 Å². The lowest BCUT2D eigenvalue weighted by molar-refractivity contribution is -0.162. The summed E-state index contributed by atoms with van der Waals surface area (Å²) in [5.41, 5.74) is 0.315. The zero-order chi connectivity index (χ0) is 19.2. The lowest BCUT2D eigenvalue weighted by atomic mass is 10.2. The highest BCUT2D eigenvalue weighted by Crippen LogP contribution is 2.22. The lowest BCUT2D eigenvalue weighted by Gasteiger charge is -2.22. The van der Waals surface area contributed by atoms with Gasteiger partial charge in [0, 0.05) is 0 Å². The molecule has 1 unspecified atom stereocenters. The van der Waals surface area contributed by atoms with E-state index in [4.69, 9.17) is 14.2 Å². The van der Waals surface area contributed by atoms with E-state index in [1.54, 1.807) is 20.8 Å². The number of hydrogen-bond acceptors (Lipinski definition) is 6. The van der Waals surface area contributed by atoms with Crippen LogP contribution in [0.5, 0.6) is 0 Å². The quantitative estimate of drug-likeness (QED) is 0.777. The number of hydrogen-bond donors (Lipinski definition) is 1. The molecule has 26 heavy (non-hydrogen) atoms. The first-order valence-electron chi connectivity index (χ1n) is 8.70. The van der Waals surface area contributed by atoms with Crippen molar-refractivity contribution in [1.82, 2.24) is 4.90 Å². The van der Waals surface area contributed by atoms with Crippen LogP contribution in [0.1, 0.15) is 32.8 Å². The largest absolute Gasteiger partial charge is 0.458 e.